The molecule has 0 aliphatic rings. The Labute approximate surface area is 328 Å². The fourth-order valence-electron chi connectivity index (χ4n) is 6.55. The highest BCUT2D eigenvalue weighted by molar-refractivity contribution is 7.87. The molecule has 298 valence electrons. The van der Waals surface area contributed by atoms with Gasteiger partial charge in [0.15, 0.2) is 0 Å². The van der Waals surface area contributed by atoms with Crippen LogP contribution in [0.2, 0.25) is 10.0 Å². The Balaban J connectivity index is 1.85. The van der Waals surface area contributed by atoms with Crippen LogP contribution >= 0.6 is 23.2 Å². The van der Waals surface area contributed by atoms with Crippen LogP contribution in [-0.2, 0) is 28.6 Å². The Morgan fingerprint density at radius 2 is 0.654 bits per heavy atom. The lowest BCUT2D eigenvalue weighted by Crippen LogP contribution is -2.12. The molecule has 2 rings (SSSR count). The van der Waals surface area contributed by atoms with Crippen molar-refractivity contribution in [3.63, 3.8) is 0 Å². The first kappa shape index (κ1) is 47.0. The molecule has 0 aliphatic carbocycles. The van der Waals surface area contributed by atoms with Crippen molar-refractivity contribution < 1.29 is 25.2 Å². The summed E-state index contributed by atoms with van der Waals surface area (Å²) in [6.45, 7) is 4.57. The van der Waals surface area contributed by atoms with Crippen LogP contribution < -0.4 is 0 Å². The zero-order valence-corrected chi connectivity index (χ0v) is 35.4. The van der Waals surface area contributed by atoms with Crippen LogP contribution in [0.15, 0.2) is 46.2 Å². The fourth-order valence-corrected chi connectivity index (χ4v) is 9.39. The minimum absolute atomic E-state index is 0.0417. The number of unbranched alkanes of at least 4 members (excludes halogenated alkanes) is 24. The van der Waals surface area contributed by atoms with Crippen LogP contribution in [0, 0.1) is 0 Å². The molecule has 0 spiro atoms. The molecule has 0 atom stereocenters. The van der Waals surface area contributed by atoms with Crippen LogP contribution in [0.5, 0.6) is 0 Å². The van der Waals surface area contributed by atoms with Gasteiger partial charge in [0.1, 0.15) is 9.79 Å². The zero-order valence-electron chi connectivity index (χ0n) is 32.3. The Bertz CT molecular complexity index is 1340. The molecule has 0 unspecified atom stereocenters. The van der Waals surface area contributed by atoms with Crippen LogP contribution in [-0.4, -0.2) is 30.0 Å². The summed E-state index contributed by atoms with van der Waals surface area (Å²) in [5.74, 6) is 0. The van der Waals surface area contributed by atoms with Crippen molar-refractivity contribution in [1.82, 2.24) is 0 Å². The minimum atomic E-state index is -4.25. The molecule has 0 saturated carbocycles. The van der Waals surface area contributed by atoms with Gasteiger partial charge in [-0.05, 0) is 37.1 Å². The van der Waals surface area contributed by atoms with E-state index in [1.165, 1.54) is 152 Å². The number of rotatable bonds is 33. The van der Waals surface area contributed by atoms with Gasteiger partial charge < -0.3 is 0 Å². The molecular weight excluding hydrogens is 735 g/mol. The summed E-state index contributed by atoms with van der Waals surface area (Å²) in [6, 6.07) is 8.66. The molecule has 0 saturated heterocycles. The van der Waals surface area contributed by atoms with Crippen molar-refractivity contribution in [2.75, 3.05) is 13.2 Å². The standard InChI is InChI=1S/C42H68Cl2O6S2/c1-3-5-7-9-11-13-15-17-19-21-23-25-27-33-49-51(45,46)41-35-37(43)29-31-39(41)40-32-30-38(44)36-42(40)52(47,48)50-34-28-26-24-22-20-18-16-14-12-10-8-6-4-2/h29-32,35-36H,3-28,33-34H2,1-2H3. The van der Waals surface area contributed by atoms with Gasteiger partial charge in [0.25, 0.3) is 20.2 Å². The van der Waals surface area contributed by atoms with Gasteiger partial charge in [0.2, 0.25) is 0 Å². The molecule has 2 aromatic carbocycles. The first-order valence-electron chi connectivity index (χ1n) is 20.5. The predicted octanol–water partition coefficient (Wildman–Crippen LogP) is 14.3. The van der Waals surface area contributed by atoms with E-state index in [4.69, 9.17) is 31.6 Å². The normalized spacial score (nSPS) is 12.2. The van der Waals surface area contributed by atoms with Crippen molar-refractivity contribution in [3.8, 4) is 11.1 Å². The second-order valence-corrected chi connectivity index (χ2v) is 18.4. The summed E-state index contributed by atoms with van der Waals surface area (Å²) in [7, 11) is -8.49. The average Bonchev–Trinajstić information content (AvgIpc) is 3.12. The molecule has 0 N–H and O–H groups in total. The molecule has 0 amide bonds. The predicted molar refractivity (Wildman–Crippen MR) is 220 cm³/mol. The van der Waals surface area contributed by atoms with E-state index in [1.807, 2.05) is 0 Å². The lowest BCUT2D eigenvalue weighted by molar-refractivity contribution is 0.305. The van der Waals surface area contributed by atoms with Crippen LogP contribution in [0.3, 0.4) is 0 Å². The highest BCUT2D eigenvalue weighted by Gasteiger charge is 2.27. The van der Waals surface area contributed by atoms with Gasteiger partial charge in [-0.2, -0.15) is 16.8 Å². The zero-order chi connectivity index (χ0) is 37.9. The number of benzene rings is 2. The van der Waals surface area contributed by atoms with Crippen molar-refractivity contribution in [1.29, 1.82) is 0 Å². The third-order valence-corrected chi connectivity index (χ3v) is 12.9. The summed E-state index contributed by atoms with van der Waals surface area (Å²) >= 11 is 12.5. The minimum Gasteiger partial charge on any atom is -0.266 e. The number of hydrogen-bond acceptors (Lipinski definition) is 6. The van der Waals surface area contributed by atoms with Gasteiger partial charge in [0, 0.05) is 21.2 Å². The summed E-state index contributed by atoms with van der Waals surface area (Å²) in [5, 5.41) is 0.396. The van der Waals surface area contributed by atoms with E-state index < -0.39 is 20.2 Å². The quantitative estimate of drug-likeness (QED) is 0.0527. The van der Waals surface area contributed by atoms with E-state index in [1.54, 1.807) is 0 Å². The van der Waals surface area contributed by atoms with Crippen molar-refractivity contribution in [2.24, 2.45) is 0 Å². The Kier molecular flexibility index (Phi) is 25.6. The van der Waals surface area contributed by atoms with E-state index in [0.29, 0.717) is 12.8 Å². The van der Waals surface area contributed by atoms with Crippen LogP contribution in [0.4, 0.5) is 0 Å². The second-order valence-electron chi connectivity index (χ2n) is 14.3. The summed E-state index contributed by atoms with van der Waals surface area (Å²) < 4.78 is 64.7. The number of halogens is 2. The van der Waals surface area contributed by atoms with Crippen molar-refractivity contribution in [2.45, 2.75) is 191 Å². The molecule has 10 heteroatoms. The molecule has 0 aromatic heterocycles. The molecule has 52 heavy (non-hydrogen) atoms. The Hall–Kier alpha value is -1.16. The maximum absolute atomic E-state index is 13.5. The SMILES string of the molecule is CCCCCCCCCCCCCCCOS(=O)(=O)c1cc(Cl)ccc1-c1ccc(Cl)cc1S(=O)(=O)OCCCCCCCCCCCCCCC. The molecule has 0 radical (unpaired) electrons. The van der Waals surface area contributed by atoms with E-state index in [-0.39, 0.29) is 44.2 Å². The third-order valence-electron chi connectivity index (χ3n) is 9.69. The molecule has 6 nitrogen and oxygen atoms in total. The smallest absolute Gasteiger partial charge is 0.266 e. The second kappa shape index (κ2) is 28.3. The highest BCUT2D eigenvalue weighted by atomic mass is 35.5. The highest BCUT2D eigenvalue weighted by Crippen LogP contribution is 2.37. The molecule has 0 aliphatic heterocycles. The maximum atomic E-state index is 13.5. The van der Waals surface area contributed by atoms with Gasteiger partial charge in [-0.3, -0.25) is 8.37 Å². The van der Waals surface area contributed by atoms with Gasteiger partial charge in [-0.1, -0.05) is 203 Å². The first-order valence-corrected chi connectivity index (χ1v) is 24.1. The number of hydrogen-bond donors (Lipinski definition) is 0. The molecular formula is C42H68Cl2O6S2. The van der Waals surface area contributed by atoms with Crippen LogP contribution in [0.1, 0.15) is 181 Å². The lowest BCUT2D eigenvalue weighted by Gasteiger charge is -2.15. The first-order chi connectivity index (χ1) is 25.1. The van der Waals surface area contributed by atoms with Gasteiger partial charge in [-0.25, -0.2) is 0 Å². The summed E-state index contributed by atoms with van der Waals surface area (Å²) in [4.78, 5) is -0.380. The third kappa shape index (κ3) is 20.0. The monoisotopic (exact) mass is 802 g/mol. The van der Waals surface area contributed by atoms with E-state index >= 15 is 0 Å². The molecule has 0 bridgehead atoms. The van der Waals surface area contributed by atoms with Crippen molar-refractivity contribution >= 4 is 43.4 Å². The van der Waals surface area contributed by atoms with Gasteiger partial charge in [-0.15, -0.1) is 0 Å². The Morgan fingerprint density at radius 1 is 0.404 bits per heavy atom. The topological polar surface area (TPSA) is 86.7 Å². The molecule has 0 heterocycles. The summed E-state index contributed by atoms with van der Waals surface area (Å²) in [5.41, 5.74) is 0.323. The van der Waals surface area contributed by atoms with Crippen LogP contribution in [0.25, 0.3) is 11.1 Å². The summed E-state index contributed by atoms with van der Waals surface area (Å²) in [6.07, 6.45) is 30.8. The fraction of sp³-hybridized carbons (Fsp3) is 0.714. The van der Waals surface area contributed by atoms with E-state index in [2.05, 4.69) is 13.8 Å². The Morgan fingerprint density at radius 3 is 0.923 bits per heavy atom. The average molecular weight is 804 g/mol. The molecule has 2 aromatic rings. The lowest BCUT2D eigenvalue weighted by atomic mass is 10.0. The van der Waals surface area contributed by atoms with E-state index in [0.717, 1.165) is 38.5 Å². The largest absolute Gasteiger partial charge is 0.297 e. The maximum Gasteiger partial charge on any atom is 0.297 e. The van der Waals surface area contributed by atoms with Gasteiger partial charge >= 0.3 is 0 Å². The van der Waals surface area contributed by atoms with Gasteiger partial charge in [0.05, 0.1) is 13.2 Å². The van der Waals surface area contributed by atoms with Crippen molar-refractivity contribution in [3.05, 3.63) is 46.4 Å². The van der Waals surface area contributed by atoms with E-state index in [9.17, 15) is 16.8 Å². The molecule has 0 fully saturated rings.